The molecule has 5 nitrogen and oxygen atoms in total. The average Bonchev–Trinajstić information content (AvgIpc) is 2.28. The van der Waals surface area contributed by atoms with E-state index in [0.29, 0.717) is 10.6 Å². The standard InChI is InChI=1S/C9H12FN3O2S/c10-16-8-2-1-6(5-13-8)9(15)12-4-3-7(11)14/h1-2,13H,3-5H2,(H2,11,14)(H,12,15). The molecular formula is C9H12FN3O2S. The number of nitrogens with one attached hydrogen (secondary N) is 2. The third-order valence-corrected chi connectivity index (χ3v) is 2.37. The van der Waals surface area contributed by atoms with Crippen LogP contribution in [0.2, 0.25) is 0 Å². The molecule has 1 heterocycles. The molecule has 0 aromatic rings. The molecule has 88 valence electrons. The Morgan fingerprint density at radius 1 is 1.56 bits per heavy atom. The fourth-order valence-corrected chi connectivity index (χ4v) is 1.34. The number of hydrogen-bond acceptors (Lipinski definition) is 4. The molecule has 4 N–H and O–H groups in total. The molecule has 1 rings (SSSR count). The molecule has 0 saturated heterocycles. The number of rotatable bonds is 5. The second-order valence-electron chi connectivity index (χ2n) is 3.13. The molecule has 0 aromatic heterocycles. The quantitative estimate of drug-likeness (QED) is 0.635. The van der Waals surface area contributed by atoms with Crippen LogP contribution in [0.25, 0.3) is 0 Å². The fourth-order valence-electron chi connectivity index (χ4n) is 1.10. The zero-order valence-corrected chi connectivity index (χ0v) is 9.27. The molecule has 0 atom stereocenters. The molecule has 0 radical (unpaired) electrons. The summed E-state index contributed by atoms with van der Waals surface area (Å²) in [5.41, 5.74) is 5.41. The maximum atomic E-state index is 12.1. The number of carbonyl (C=O) groups is 2. The molecule has 0 aliphatic carbocycles. The van der Waals surface area contributed by atoms with Crippen molar-refractivity contribution in [2.75, 3.05) is 13.1 Å². The molecule has 7 heteroatoms. The van der Waals surface area contributed by atoms with Gasteiger partial charge in [-0.25, -0.2) is 0 Å². The van der Waals surface area contributed by atoms with Gasteiger partial charge in [-0.3, -0.25) is 9.59 Å². The van der Waals surface area contributed by atoms with Crippen molar-refractivity contribution in [3.8, 4) is 0 Å². The Morgan fingerprint density at radius 2 is 2.31 bits per heavy atom. The van der Waals surface area contributed by atoms with Crippen LogP contribution in [0.3, 0.4) is 0 Å². The second kappa shape index (κ2) is 6.16. The first kappa shape index (κ1) is 12.6. The van der Waals surface area contributed by atoms with E-state index in [1.54, 1.807) is 0 Å². The number of primary amides is 1. The topological polar surface area (TPSA) is 84.2 Å². The van der Waals surface area contributed by atoms with Gasteiger partial charge in [0.1, 0.15) is 5.03 Å². The van der Waals surface area contributed by atoms with E-state index in [0.717, 1.165) is 0 Å². The number of carbonyl (C=O) groups excluding carboxylic acids is 2. The van der Waals surface area contributed by atoms with Gasteiger partial charge in [0.05, 0.1) is 12.1 Å². The highest BCUT2D eigenvalue weighted by molar-refractivity contribution is 7.98. The third kappa shape index (κ3) is 3.93. The first-order valence-electron chi connectivity index (χ1n) is 4.63. The van der Waals surface area contributed by atoms with E-state index >= 15 is 0 Å². The van der Waals surface area contributed by atoms with E-state index in [9.17, 15) is 13.5 Å². The van der Waals surface area contributed by atoms with Gasteiger partial charge in [-0.15, -0.1) is 0 Å². The van der Waals surface area contributed by atoms with Gasteiger partial charge >= 0.3 is 0 Å². The zero-order chi connectivity index (χ0) is 12.0. The highest BCUT2D eigenvalue weighted by Gasteiger charge is 2.12. The zero-order valence-electron chi connectivity index (χ0n) is 8.46. The Morgan fingerprint density at radius 3 is 2.81 bits per heavy atom. The Labute approximate surface area is 96.6 Å². The van der Waals surface area contributed by atoms with Crippen LogP contribution in [-0.4, -0.2) is 24.9 Å². The Bertz CT molecular complexity index is 355. The summed E-state index contributed by atoms with van der Waals surface area (Å²) in [5, 5.41) is 5.64. The second-order valence-corrected chi connectivity index (χ2v) is 3.72. The minimum Gasteiger partial charge on any atom is -0.374 e. The predicted molar refractivity (Wildman–Crippen MR) is 59.7 cm³/mol. The van der Waals surface area contributed by atoms with Gasteiger partial charge in [0.2, 0.25) is 11.8 Å². The van der Waals surface area contributed by atoms with Crippen molar-refractivity contribution in [2.45, 2.75) is 6.42 Å². The molecule has 0 aromatic carbocycles. The van der Waals surface area contributed by atoms with Crippen molar-refractivity contribution in [3.05, 3.63) is 22.8 Å². The van der Waals surface area contributed by atoms with Gasteiger partial charge < -0.3 is 16.4 Å². The summed E-state index contributed by atoms with van der Waals surface area (Å²) in [6.07, 6.45) is 3.13. The van der Waals surface area contributed by atoms with Crippen LogP contribution in [0.5, 0.6) is 0 Å². The molecule has 2 amide bonds. The van der Waals surface area contributed by atoms with Gasteiger partial charge in [0.25, 0.3) is 0 Å². The largest absolute Gasteiger partial charge is 0.374 e. The van der Waals surface area contributed by atoms with E-state index in [1.165, 1.54) is 12.2 Å². The number of amides is 2. The van der Waals surface area contributed by atoms with Crippen molar-refractivity contribution in [2.24, 2.45) is 5.73 Å². The number of hydrogen-bond donors (Lipinski definition) is 3. The third-order valence-electron chi connectivity index (χ3n) is 1.92. The van der Waals surface area contributed by atoms with E-state index in [-0.39, 0.29) is 37.6 Å². The van der Waals surface area contributed by atoms with Gasteiger partial charge in [0.15, 0.2) is 0 Å². The number of halogens is 1. The number of allylic oxidation sites excluding steroid dienone is 2. The predicted octanol–water partition coefficient (Wildman–Crippen LogP) is -0.0333. The molecule has 0 unspecified atom stereocenters. The summed E-state index contributed by atoms with van der Waals surface area (Å²) < 4.78 is 12.1. The van der Waals surface area contributed by atoms with Crippen LogP contribution in [0.15, 0.2) is 22.8 Å². The van der Waals surface area contributed by atoms with Crippen molar-refractivity contribution < 1.29 is 13.5 Å². The molecule has 0 spiro atoms. The van der Waals surface area contributed by atoms with E-state index in [4.69, 9.17) is 5.73 Å². The van der Waals surface area contributed by atoms with Crippen LogP contribution in [-0.2, 0) is 9.59 Å². The van der Waals surface area contributed by atoms with Gasteiger partial charge in [0, 0.05) is 25.1 Å². The van der Waals surface area contributed by atoms with Crippen molar-refractivity contribution >= 4 is 24.0 Å². The monoisotopic (exact) mass is 245 g/mol. The maximum Gasteiger partial charge on any atom is 0.249 e. The first-order valence-corrected chi connectivity index (χ1v) is 5.35. The summed E-state index contributed by atoms with van der Waals surface area (Å²) in [6, 6.07) is 0. The van der Waals surface area contributed by atoms with Crippen LogP contribution >= 0.6 is 12.1 Å². The lowest BCUT2D eigenvalue weighted by molar-refractivity contribution is -0.118. The minimum absolute atomic E-state index is 0.0938. The van der Waals surface area contributed by atoms with Crippen LogP contribution < -0.4 is 16.4 Å². The summed E-state index contributed by atoms with van der Waals surface area (Å²) in [7, 11) is 0. The molecular weight excluding hydrogens is 233 g/mol. The van der Waals surface area contributed by atoms with Gasteiger partial charge in [-0.1, -0.05) is 0 Å². The van der Waals surface area contributed by atoms with Crippen LogP contribution in [0.4, 0.5) is 3.89 Å². The highest BCUT2D eigenvalue weighted by Crippen LogP contribution is 2.16. The van der Waals surface area contributed by atoms with Crippen molar-refractivity contribution in [1.82, 2.24) is 10.6 Å². The van der Waals surface area contributed by atoms with Gasteiger partial charge in [-0.2, -0.15) is 3.89 Å². The Hall–Kier alpha value is -1.50. The molecule has 1 aliphatic heterocycles. The van der Waals surface area contributed by atoms with Gasteiger partial charge in [-0.05, 0) is 12.2 Å². The lowest BCUT2D eigenvalue weighted by atomic mass is 10.2. The fraction of sp³-hybridized carbons (Fsp3) is 0.333. The number of nitrogens with two attached hydrogens (primary N) is 1. The highest BCUT2D eigenvalue weighted by atomic mass is 32.2. The summed E-state index contributed by atoms with van der Waals surface area (Å²) in [5.74, 6) is -0.750. The molecule has 16 heavy (non-hydrogen) atoms. The normalized spacial score (nSPS) is 14.6. The summed E-state index contributed by atoms with van der Waals surface area (Å²) in [6.45, 7) is 0.477. The van der Waals surface area contributed by atoms with Crippen LogP contribution in [0.1, 0.15) is 6.42 Å². The maximum absolute atomic E-state index is 12.1. The summed E-state index contributed by atoms with van der Waals surface area (Å²) >= 11 is 0.0938. The van der Waals surface area contributed by atoms with Crippen molar-refractivity contribution in [1.29, 1.82) is 0 Å². The summed E-state index contributed by atoms with van der Waals surface area (Å²) in [4.78, 5) is 21.9. The molecule has 0 saturated carbocycles. The van der Waals surface area contributed by atoms with E-state index in [2.05, 4.69) is 10.6 Å². The Kier molecular flexibility index (Phi) is 4.84. The van der Waals surface area contributed by atoms with E-state index in [1.807, 2.05) is 0 Å². The molecule has 1 aliphatic rings. The Balaban J connectivity index is 2.41. The average molecular weight is 245 g/mol. The first-order chi connectivity index (χ1) is 7.63. The molecule has 0 bridgehead atoms. The lowest BCUT2D eigenvalue weighted by Crippen LogP contribution is -2.33. The SMILES string of the molecule is NC(=O)CCNC(=O)C1=CC=C(SF)NC1. The molecule has 0 fully saturated rings. The number of dihydropyridines is 1. The van der Waals surface area contributed by atoms with E-state index < -0.39 is 5.91 Å². The smallest absolute Gasteiger partial charge is 0.249 e. The van der Waals surface area contributed by atoms with Crippen LogP contribution in [0, 0.1) is 0 Å². The van der Waals surface area contributed by atoms with Crippen molar-refractivity contribution in [3.63, 3.8) is 0 Å². The minimum atomic E-state index is -0.466. The lowest BCUT2D eigenvalue weighted by Gasteiger charge is -2.13.